The van der Waals surface area contributed by atoms with Crippen molar-refractivity contribution in [3.63, 3.8) is 0 Å². The fourth-order valence-corrected chi connectivity index (χ4v) is 4.07. The molecule has 3 aromatic rings. The van der Waals surface area contributed by atoms with Gasteiger partial charge in [0, 0.05) is 51.1 Å². The Balaban J connectivity index is 1.58. The molecule has 0 bridgehead atoms. The number of anilines is 1. The maximum Gasteiger partial charge on any atom is 0.257 e. The van der Waals surface area contributed by atoms with Gasteiger partial charge in [0.25, 0.3) is 5.91 Å². The van der Waals surface area contributed by atoms with E-state index in [9.17, 15) is 14.0 Å². The molecule has 0 aliphatic carbocycles. The van der Waals surface area contributed by atoms with Gasteiger partial charge in [0.2, 0.25) is 11.9 Å². The van der Waals surface area contributed by atoms with Gasteiger partial charge in [-0.3, -0.25) is 9.59 Å². The summed E-state index contributed by atoms with van der Waals surface area (Å²) in [7, 11) is 1.70. The summed E-state index contributed by atoms with van der Waals surface area (Å²) in [5.74, 6) is -0.211. The Labute approximate surface area is 192 Å². The third-order valence-corrected chi connectivity index (χ3v) is 5.92. The third-order valence-electron chi connectivity index (χ3n) is 5.92. The molecule has 1 fully saturated rings. The molecule has 170 valence electrons. The van der Waals surface area contributed by atoms with Gasteiger partial charge in [-0.2, -0.15) is 0 Å². The standard InChI is InChI=1S/C25H26FN5O2/c1-3-30-12-13-31(23(32)19-15-28-25(27-2)29-16-19)22(24(30)33)14-17-8-10-18(11-9-17)20-6-4-5-7-21(20)26/h4-11,15-16,22H,3,12-14H2,1-2H3,(H,27,28,29)/t22-/m0/s1. The second-order valence-electron chi connectivity index (χ2n) is 7.86. The first-order chi connectivity index (χ1) is 16.0. The van der Waals surface area contributed by atoms with Crippen LogP contribution in [0.5, 0.6) is 0 Å². The highest BCUT2D eigenvalue weighted by Gasteiger charge is 2.37. The molecule has 2 amide bonds. The maximum absolute atomic E-state index is 14.1. The van der Waals surface area contributed by atoms with Gasteiger partial charge in [-0.05, 0) is 24.1 Å². The van der Waals surface area contributed by atoms with Crippen LogP contribution in [0.1, 0.15) is 22.8 Å². The van der Waals surface area contributed by atoms with Crippen molar-refractivity contribution >= 4 is 17.8 Å². The van der Waals surface area contributed by atoms with E-state index >= 15 is 0 Å². The van der Waals surface area contributed by atoms with Gasteiger partial charge >= 0.3 is 0 Å². The van der Waals surface area contributed by atoms with Gasteiger partial charge in [-0.25, -0.2) is 14.4 Å². The average molecular weight is 448 g/mol. The molecule has 0 saturated carbocycles. The van der Waals surface area contributed by atoms with Gasteiger partial charge in [0.1, 0.15) is 11.9 Å². The molecular formula is C25H26FN5O2. The Morgan fingerprint density at radius 2 is 1.79 bits per heavy atom. The van der Waals surface area contributed by atoms with Crippen molar-refractivity contribution in [1.82, 2.24) is 19.8 Å². The zero-order valence-corrected chi connectivity index (χ0v) is 18.7. The number of hydrogen-bond donors (Lipinski definition) is 1. The van der Waals surface area contributed by atoms with E-state index < -0.39 is 6.04 Å². The number of hydrogen-bond acceptors (Lipinski definition) is 5. The predicted molar refractivity (Wildman–Crippen MR) is 124 cm³/mol. The number of piperazine rings is 1. The summed E-state index contributed by atoms with van der Waals surface area (Å²) >= 11 is 0. The number of carbonyl (C=O) groups excluding carboxylic acids is 2. The Bertz CT molecular complexity index is 1130. The van der Waals surface area contributed by atoms with Crippen LogP contribution in [-0.4, -0.2) is 64.3 Å². The number of amides is 2. The van der Waals surface area contributed by atoms with Crippen LogP contribution in [0, 0.1) is 5.82 Å². The molecule has 1 aromatic heterocycles. The summed E-state index contributed by atoms with van der Waals surface area (Å²) in [4.78, 5) is 38.0. The molecule has 8 heteroatoms. The highest BCUT2D eigenvalue weighted by Crippen LogP contribution is 2.25. The van der Waals surface area contributed by atoms with E-state index in [2.05, 4.69) is 15.3 Å². The summed E-state index contributed by atoms with van der Waals surface area (Å²) in [6, 6.07) is 13.4. The van der Waals surface area contributed by atoms with Crippen LogP contribution in [0.15, 0.2) is 60.9 Å². The number of rotatable bonds is 6. The summed E-state index contributed by atoms with van der Waals surface area (Å²) in [6.07, 6.45) is 3.31. The van der Waals surface area contributed by atoms with Crippen molar-refractivity contribution in [2.24, 2.45) is 0 Å². The minimum absolute atomic E-state index is 0.0805. The number of benzene rings is 2. The number of aromatic nitrogens is 2. The van der Waals surface area contributed by atoms with Gasteiger partial charge < -0.3 is 15.1 Å². The topological polar surface area (TPSA) is 78.4 Å². The van der Waals surface area contributed by atoms with E-state index in [1.807, 2.05) is 31.2 Å². The largest absolute Gasteiger partial charge is 0.357 e. The smallest absolute Gasteiger partial charge is 0.257 e. The molecule has 1 N–H and O–H groups in total. The molecule has 33 heavy (non-hydrogen) atoms. The molecule has 2 aromatic carbocycles. The molecule has 0 radical (unpaired) electrons. The number of likely N-dealkylation sites (N-methyl/N-ethyl adjacent to an activating group) is 1. The quantitative estimate of drug-likeness (QED) is 0.628. The van der Waals surface area contributed by atoms with E-state index in [0.717, 1.165) is 11.1 Å². The van der Waals surface area contributed by atoms with E-state index in [1.165, 1.54) is 18.5 Å². The number of nitrogens with zero attached hydrogens (tertiary/aromatic N) is 4. The monoisotopic (exact) mass is 447 g/mol. The highest BCUT2D eigenvalue weighted by molar-refractivity contribution is 5.98. The van der Waals surface area contributed by atoms with E-state index in [0.29, 0.717) is 43.1 Å². The van der Waals surface area contributed by atoms with Gasteiger partial charge in [-0.15, -0.1) is 0 Å². The normalized spacial score (nSPS) is 16.1. The van der Waals surface area contributed by atoms with Crippen LogP contribution < -0.4 is 5.32 Å². The van der Waals surface area contributed by atoms with Crippen molar-refractivity contribution < 1.29 is 14.0 Å². The molecular weight excluding hydrogens is 421 g/mol. The SMILES string of the molecule is CCN1CCN(C(=O)c2cnc(NC)nc2)[C@@H](Cc2ccc(-c3ccccc3F)cc2)C1=O. The van der Waals surface area contributed by atoms with Crippen molar-refractivity contribution in [3.8, 4) is 11.1 Å². The lowest BCUT2D eigenvalue weighted by Crippen LogP contribution is -2.59. The Hall–Kier alpha value is -3.81. The Kier molecular flexibility index (Phi) is 6.63. The van der Waals surface area contributed by atoms with E-state index in [-0.39, 0.29) is 17.6 Å². The van der Waals surface area contributed by atoms with Gasteiger partial charge in [-0.1, -0.05) is 42.5 Å². The molecule has 1 aliphatic heterocycles. The first-order valence-corrected chi connectivity index (χ1v) is 10.9. The van der Waals surface area contributed by atoms with Crippen molar-refractivity contribution in [2.75, 3.05) is 32.0 Å². The van der Waals surface area contributed by atoms with Crippen molar-refractivity contribution in [3.05, 3.63) is 77.9 Å². The lowest BCUT2D eigenvalue weighted by Gasteiger charge is -2.40. The number of nitrogens with one attached hydrogen (secondary N) is 1. The molecule has 1 atom stereocenters. The van der Waals surface area contributed by atoms with Crippen molar-refractivity contribution in [1.29, 1.82) is 0 Å². The van der Waals surface area contributed by atoms with Crippen LogP contribution in [0.4, 0.5) is 10.3 Å². The van der Waals surface area contributed by atoms with E-state index in [4.69, 9.17) is 0 Å². The summed E-state index contributed by atoms with van der Waals surface area (Å²) in [5.41, 5.74) is 2.52. The zero-order valence-electron chi connectivity index (χ0n) is 18.7. The first-order valence-electron chi connectivity index (χ1n) is 10.9. The fourth-order valence-electron chi connectivity index (χ4n) is 4.07. The maximum atomic E-state index is 14.1. The highest BCUT2D eigenvalue weighted by atomic mass is 19.1. The molecule has 2 heterocycles. The Morgan fingerprint density at radius 1 is 1.09 bits per heavy atom. The summed E-state index contributed by atoms with van der Waals surface area (Å²) in [5, 5.41) is 2.82. The Morgan fingerprint density at radius 3 is 2.42 bits per heavy atom. The lowest BCUT2D eigenvalue weighted by atomic mass is 9.97. The van der Waals surface area contributed by atoms with Crippen LogP contribution in [-0.2, 0) is 11.2 Å². The average Bonchev–Trinajstić information content (AvgIpc) is 2.86. The van der Waals surface area contributed by atoms with Gasteiger partial charge in [0.05, 0.1) is 5.56 Å². The first kappa shape index (κ1) is 22.4. The molecule has 1 aliphatic rings. The van der Waals surface area contributed by atoms with E-state index in [1.54, 1.807) is 35.0 Å². The van der Waals surface area contributed by atoms with Crippen LogP contribution >= 0.6 is 0 Å². The van der Waals surface area contributed by atoms with Crippen LogP contribution in [0.3, 0.4) is 0 Å². The molecule has 1 saturated heterocycles. The van der Waals surface area contributed by atoms with Gasteiger partial charge in [0.15, 0.2) is 0 Å². The molecule has 0 unspecified atom stereocenters. The third kappa shape index (κ3) is 4.69. The lowest BCUT2D eigenvalue weighted by molar-refractivity contribution is -0.139. The molecule has 4 rings (SSSR count). The fraction of sp³-hybridized carbons (Fsp3) is 0.280. The number of halogens is 1. The second-order valence-corrected chi connectivity index (χ2v) is 7.86. The molecule has 7 nitrogen and oxygen atoms in total. The minimum Gasteiger partial charge on any atom is -0.357 e. The zero-order chi connectivity index (χ0) is 23.4. The number of carbonyl (C=O) groups is 2. The molecule has 0 spiro atoms. The summed E-state index contributed by atoms with van der Waals surface area (Å²) in [6.45, 7) is 3.44. The van der Waals surface area contributed by atoms with Crippen LogP contribution in [0.2, 0.25) is 0 Å². The van der Waals surface area contributed by atoms with Crippen LogP contribution in [0.25, 0.3) is 11.1 Å². The predicted octanol–water partition coefficient (Wildman–Crippen LogP) is 3.24. The summed E-state index contributed by atoms with van der Waals surface area (Å²) < 4.78 is 14.1. The second kappa shape index (κ2) is 9.77. The minimum atomic E-state index is -0.630. The van der Waals surface area contributed by atoms with Crippen molar-refractivity contribution in [2.45, 2.75) is 19.4 Å².